The number of amides is 2. The molecule has 2 unspecified atom stereocenters. The van der Waals surface area contributed by atoms with Crippen molar-refractivity contribution in [2.24, 2.45) is 0 Å². The van der Waals surface area contributed by atoms with Crippen LogP contribution in [-0.4, -0.2) is 65.2 Å². The number of hydrogen-bond donors (Lipinski definition) is 2. The van der Waals surface area contributed by atoms with Gasteiger partial charge in [0.25, 0.3) is 0 Å². The summed E-state index contributed by atoms with van der Waals surface area (Å²) in [6.07, 6.45) is 4.59. The molecule has 0 radical (unpaired) electrons. The van der Waals surface area contributed by atoms with Gasteiger partial charge in [-0.1, -0.05) is 19.8 Å². The fraction of sp³-hybridized carbons (Fsp3) is 0.857. The third kappa shape index (κ3) is 3.62. The van der Waals surface area contributed by atoms with E-state index in [0.29, 0.717) is 19.0 Å². The zero-order chi connectivity index (χ0) is 14.5. The number of carboxylic acids is 1. The van der Waals surface area contributed by atoms with Gasteiger partial charge in [-0.3, -0.25) is 4.90 Å². The first-order chi connectivity index (χ1) is 9.61. The first-order valence-electron chi connectivity index (χ1n) is 7.64. The van der Waals surface area contributed by atoms with Crippen molar-refractivity contribution < 1.29 is 14.7 Å². The summed E-state index contributed by atoms with van der Waals surface area (Å²) >= 11 is 0. The fourth-order valence-corrected chi connectivity index (χ4v) is 3.08. The van der Waals surface area contributed by atoms with E-state index in [4.69, 9.17) is 5.11 Å². The van der Waals surface area contributed by atoms with Crippen molar-refractivity contribution in [3.8, 4) is 0 Å². The van der Waals surface area contributed by atoms with Crippen LogP contribution in [0.25, 0.3) is 0 Å². The molecule has 20 heavy (non-hydrogen) atoms. The number of hydrogen-bond acceptors (Lipinski definition) is 3. The van der Waals surface area contributed by atoms with Gasteiger partial charge in [-0.15, -0.1) is 0 Å². The Labute approximate surface area is 120 Å². The number of rotatable bonds is 5. The van der Waals surface area contributed by atoms with E-state index < -0.39 is 12.0 Å². The lowest BCUT2D eigenvalue weighted by molar-refractivity contribution is -0.139. The highest BCUT2D eigenvalue weighted by Crippen LogP contribution is 2.21. The second-order valence-corrected chi connectivity index (χ2v) is 5.76. The minimum absolute atomic E-state index is 0.222. The van der Waals surface area contributed by atoms with Crippen LogP contribution in [0.4, 0.5) is 4.79 Å². The molecular formula is C14H25N3O3. The van der Waals surface area contributed by atoms with Gasteiger partial charge >= 0.3 is 12.0 Å². The molecule has 0 aromatic rings. The number of carboxylic acid groups (broad SMARTS) is 1. The maximum Gasteiger partial charge on any atom is 0.326 e. The van der Waals surface area contributed by atoms with E-state index in [-0.39, 0.29) is 6.03 Å². The van der Waals surface area contributed by atoms with Gasteiger partial charge in [0.05, 0.1) is 0 Å². The number of nitrogens with one attached hydrogen (secondary N) is 1. The number of nitrogens with zero attached hydrogens (tertiary/aromatic N) is 2. The standard InChI is InChI=1S/C14H25N3O3/c1-2-3-6-12(13(18)19)15-14(20)17-9-8-16-7-4-5-11(16)10-17/h11-12H,2-10H2,1H3,(H,15,20)(H,18,19). The van der Waals surface area contributed by atoms with Crippen molar-refractivity contribution >= 4 is 12.0 Å². The first kappa shape index (κ1) is 15.1. The van der Waals surface area contributed by atoms with E-state index in [2.05, 4.69) is 10.2 Å². The summed E-state index contributed by atoms with van der Waals surface area (Å²) in [5.41, 5.74) is 0. The van der Waals surface area contributed by atoms with E-state index in [0.717, 1.165) is 38.9 Å². The van der Waals surface area contributed by atoms with Gasteiger partial charge in [0.15, 0.2) is 0 Å². The predicted molar refractivity (Wildman–Crippen MR) is 75.6 cm³/mol. The lowest BCUT2D eigenvalue weighted by Gasteiger charge is -2.37. The lowest BCUT2D eigenvalue weighted by Crippen LogP contribution is -2.56. The largest absolute Gasteiger partial charge is 0.480 e. The number of urea groups is 1. The summed E-state index contributed by atoms with van der Waals surface area (Å²) in [5.74, 6) is -0.939. The van der Waals surface area contributed by atoms with E-state index in [1.807, 2.05) is 6.92 Å². The third-order valence-electron chi connectivity index (χ3n) is 4.32. The smallest absolute Gasteiger partial charge is 0.326 e. The molecule has 2 atom stereocenters. The van der Waals surface area contributed by atoms with Crippen molar-refractivity contribution in [2.45, 2.75) is 51.1 Å². The Balaban J connectivity index is 1.85. The summed E-state index contributed by atoms with van der Waals surface area (Å²) in [6.45, 7) is 5.48. The van der Waals surface area contributed by atoms with Gasteiger partial charge in [0.2, 0.25) is 0 Å². The van der Waals surface area contributed by atoms with E-state index in [1.165, 1.54) is 6.42 Å². The van der Waals surface area contributed by atoms with Crippen LogP contribution in [0, 0.1) is 0 Å². The SMILES string of the molecule is CCCCC(NC(=O)N1CCN2CCCC2C1)C(=O)O. The molecule has 2 amide bonds. The Morgan fingerprint density at radius 2 is 2.15 bits per heavy atom. The molecule has 0 saturated carbocycles. The van der Waals surface area contributed by atoms with Crippen LogP contribution >= 0.6 is 0 Å². The summed E-state index contributed by atoms with van der Waals surface area (Å²) in [4.78, 5) is 27.6. The summed E-state index contributed by atoms with van der Waals surface area (Å²) in [6, 6.07) is -0.516. The first-order valence-corrected chi connectivity index (χ1v) is 7.64. The van der Waals surface area contributed by atoms with Crippen LogP contribution in [0.2, 0.25) is 0 Å². The fourth-order valence-electron chi connectivity index (χ4n) is 3.08. The molecule has 2 aliphatic heterocycles. The highest BCUT2D eigenvalue weighted by Gasteiger charge is 2.33. The average Bonchev–Trinajstić information content (AvgIpc) is 2.90. The normalized spacial score (nSPS) is 24.2. The third-order valence-corrected chi connectivity index (χ3v) is 4.32. The van der Waals surface area contributed by atoms with Gasteiger partial charge in [0, 0.05) is 25.7 Å². The molecule has 2 fully saturated rings. The summed E-state index contributed by atoms with van der Waals surface area (Å²) < 4.78 is 0. The highest BCUT2D eigenvalue weighted by atomic mass is 16.4. The van der Waals surface area contributed by atoms with Crippen LogP contribution in [0.3, 0.4) is 0 Å². The van der Waals surface area contributed by atoms with Gasteiger partial charge in [-0.25, -0.2) is 9.59 Å². The predicted octanol–water partition coefficient (Wildman–Crippen LogP) is 1.12. The number of piperazine rings is 1. The maximum atomic E-state index is 12.2. The molecule has 2 aliphatic rings. The maximum absolute atomic E-state index is 12.2. The number of carbonyl (C=O) groups excluding carboxylic acids is 1. The Morgan fingerprint density at radius 3 is 2.85 bits per heavy atom. The molecule has 2 saturated heterocycles. The van der Waals surface area contributed by atoms with Crippen molar-refractivity contribution in [3.63, 3.8) is 0 Å². The molecule has 0 aromatic carbocycles. The van der Waals surface area contributed by atoms with Gasteiger partial charge in [-0.2, -0.15) is 0 Å². The molecule has 0 spiro atoms. The van der Waals surface area contributed by atoms with Gasteiger partial charge in [0.1, 0.15) is 6.04 Å². The van der Waals surface area contributed by atoms with Crippen LogP contribution in [-0.2, 0) is 4.79 Å². The van der Waals surface area contributed by atoms with Gasteiger partial charge < -0.3 is 15.3 Å². The van der Waals surface area contributed by atoms with Crippen molar-refractivity contribution in [3.05, 3.63) is 0 Å². The monoisotopic (exact) mass is 283 g/mol. The summed E-state index contributed by atoms with van der Waals surface area (Å²) in [7, 11) is 0. The minimum Gasteiger partial charge on any atom is -0.480 e. The molecule has 2 heterocycles. The Bertz CT molecular complexity index is 362. The lowest BCUT2D eigenvalue weighted by atomic mass is 10.1. The molecule has 2 rings (SSSR count). The summed E-state index contributed by atoms with van der Waals surface area (Å²) in [5, 5.41) is 11.8. The minimum atomic E-state index is -0.939. The molecule has 2 N–H and O–H groups in total. The zero-order valence-corrected chi connectivity index (χ0v) is 12.2. The molecule has 6 nitrogen and oxygen atoms in total. The number of carbonyl (C=O) groups is 2. The molecule has 0 aromatic heterocycles. The highest BCUT2D eigenvalue weighted by molar-refractivity contribution is 5.82. The Kier molecular flexibility index (Phi) is 5.23. The molecule has 0 bridgehead atoms. The van der Waals surface area contributed by atoms with Crippen LogP contribution in [0.1, 0.15) is 39.0 Å². The van der Waals surface area contributed by atoms with Crippen molar-refractivity contribution in [1.82, 2.24) is 15.1 Å². The number of fused-ring (bicyclic) bond motifs is 1. The molecular weight excluding hydrogens is 258 g/mol. The van der Waals surface area contributed by atoms with E-state index >= 15 is 0 Å². The quantitative estimate of drug-likeness (QED) is 0.793. The van der Waals surface area contributed by atoms with Crippen molar-refractivity contribution in [2.75, 3.05) is 26.2 Å². The molecule has 114 valence electrons. The van der Waals surface area contributed by atoms with Crippen molar-refractivity contribution in [1.29, 1.82) is 0 Å². The molecule has 6 heteroatoms. The van der Waals surface area contributed by atoms with E-state index in [9.17, 15) is 9.59 Å². The van der Waals surface area contributed by atoms with Gasteiger partial charge in [-0.05, 0) is 25.8 Å². The zero-order valence-electron chi connectivity index (χ0n) is 12.2. The second-order valence-electron chi connectivity index (χ2n) is 5.76. The number of unbranched alkanes of at least 4 members (excludes halogenated alkanes) is 1. The Morgan fingerprint density at radius 1 is 1.35 bits per heavy atom. The van der Waals surface area contributed by atoms with Crippen LogP contribution < -0.4 is 5.32 Å². The molecule has 0 aliphatic carbocycles. The van der Waals surface area contributed by atoms with Crippen LogP contribution in [0.15, 0.2) is 0 Å². The van der Waals surface area contributed by atoms with E-state index in [1.54, 1.807) is 4.90 Å². The second kappa shape index (κ2) is 6.92. The number of aliphatic carboxylic acids is 1. The average molecular weight is 283 g/mol. The van der Waals surface area contributed by atoms with Crippen LogP contribution in [0.5, 0.6) is 0 Å². The Hall–Kier alpha value is -1.30. The topological polar surface area (TPSA) is 72.9 Å².